The summed E-state index contributed by atoms with van der Waals surface area (Å²) in [5, 5.41) is 2.28. The van der Waals surface area contributed by atoms with E-state index >= 15 is 0 Å². The van der Waals surface area contributed by atoms with Crippen molar-refractivity contribution in [1.29, 1.82) is 0 Å². The molecule has 0 unspecified atom stereocenters. The summed E-state index contributed by atoms with van der Waals surface area (Å²) < 4.78 is 0. The maximum Gasteiger partial charge on any atom is 0.187 e. The summed E-state index contributed by atoms with van der Waals surface area (Å²) in [7, 11) is 0. The topological polar surface area (TPSA) is 30.1 Å². The first-order valence-electron chi connectivity index (χ1n) is 18.5. The van der Waals surface area contributed by atoms with Gasteiger partial charge in [-0.3, -0.25) is 0 Å². The fourth-order valence-corrected chi connectivity index (χ4v) is 8.55. The number of hydrogen-bond donors (Lipinski definition) is 0. The molecular formula is C52H33N3. The molecular weight excluding hydrogens is 667 g/mol. The molecule has 0 bridgehead atoms. The van der Waals surface area contributed by atoms with E-state index < -0.39 is 5.41 Å². The Balaban J connectivity index is 1.15. The lowest BCUT2D eigenvalue weighted by molar-refractivity contribution is 0.769. The van der Waals surface area contributed by atoms with Crippen LogP contribution in [0.25, 0.3) is 71.8 Å². The standard InChI is InChI=1S/C52H33N3/c1-53-41-31-32-46-45(33-41)50-43(24-14-26-47(50)52(46,39-19-7-3-8-20-39)40-21-9-4-10-22-40)36-27-29-38(30-28-36)49-34-48(37-16-5-2-6-17-37)54-51(55-49)44-25-13-18-35-15-11-12-23-42(35)44/h2-34H. The van der Waals surface area contributed by atoms with Crippen molar-refractivity contribution in [2.45, 2.75) is 5.41 Å². The molecule has 0 fully saturated rings. The Kier molecular flexibility index (Phi) is 7.75. The first-order valence-corrected chi connectivity index (χ1v) is 18.5. The first kappa shape index (κ1) is 32.3. The second-order valence-electron chi connectivity index (χ2n) is 14.0. The lowest BCUT2D eigenvalue weighted by Gasteiger charge is -2.34. The Labute approximate surface area is 320 Å². The van der Waals surface area contributed by atoms with E-state index in [9.17, 15) is 0 Å². The van der Waals surface area contributed by atoms with Crippen molar-refractivity contribution in [3.05, 3.63) is 234 Å². The Bertz CT molecular complexity index is 2860. The van der Waals surface area contributed by atoms with Crippen LogP contribution in [0.1, 0.15) is 22.3 Å². The number of nitrogens with zero attached hydrogens (tertiary/aromatic N) is 3. The maximum atomic E-state index is 7.93. The van der Waals surface area contributed by atoms with Crippen LogP contribution in [0.5, 0.6) is 0 Å². The van der Waals surface area contributed by atoms with Gasteiger partial charge in [-0.15, -0.1) is 0 Å². The molecule has 0 amide bonds. The summed E-state index contributed by atoms with van der Waals surface area (Å²) in [6.07, 6.45) is 0. The molecule has 1 aliphatic rings. The van der Waals surface area contributed by atoms with Gasteiger partial charge in [0.1, 0.15) is 0 Å². The normalized spacial score (nSPS) is 12.5. The number of rotatable bonds is 6. The largest absolute Gasteiger partial charge is 0.238 e. The van der Waals surface area contributed by atoms with Crippen molar-refractivity contribution in [2.24, 2.45) is 0 Å². The van der Waals surface area contributed by atoms with E-state index in [2.05, 4.69) is 181 Å². The number of fused-ring (bicyclic) bond motifs is 4. The van der Waals surface area contributed by atoms with Crippen LogP contribution in [0.4, 0.5) is 5.69 Å². The highest BCUT2D eigenvalue weighted by molar-refractivity contribution is 5.97. The van der Waals surface area contributed by atoms with Crippen LogP contribution in [0.2, 0.25) is 0 Å². The van der Waals surface area contributed by atoms with Gasteiger partial charge in [-0.25, -0.2) is 14.8 Å². The van der Waals surface area contributed by atoms with Crippen molar-refractivity contribution in [1.82, 2.24) is 9.97 Å². The first-order chi connectivity index (χ1) is 27.2. The van der Waals surface area contributed by atoms with E-state index in [0.29, 0.717) is 11.5 Å². The molecule has 1 aliphatic carbocycles. The monoisotopic (exact) mass is 699 g/mol. The maximum absolute atomic E-state index is 7.93. The summed E-state index contributed by atoms with van der Waals surface area (Å²) in [6.45, 7) is 7.93. The average molecular weight is 700 g/mol. The predicted molar refractivity (Wildman–Crippen MR) is 225 cm³/mol. The number of benzene rings is 8. The van der Waals surface area contributed by atoms with Crippen molar-refractivity contribution in [3.63, 3.8) is 0 Å². The average Bonchev–Trinajstić information content (AvgIpc) is 3.57. The molecule has 0 spiro atoms. The highest BCUT2D eigenvalue weighted by Gasteiger charge is 2.46. The van der Waals surface area contributed by atoms with Crippen LogP contribution in [0.3, 0.4) is 0 Å². The third-order valence-corrected chi connectivity index (χ3v) is 11.0. The molecule has 3 heteroatoms. The van der Waals surface area contributed by atoms with Gasteiger partial charge < -0.3 is 0 Å². The third-order valence-electron chi connectivity index (χ3n) is 11.0. The Morgan fingerprint density at radius 1 is 0.418 bits per heavy atom. The number of aromatic nitrogens is 2. The third kappa shape index (κ3) is 5.27. The van der Waals surface area contributed by atoms with E-state index in [0.717, 1.165) is 61.1 Å². The minimum atomic E-state index is -0.545. The highest BCUT2D eigenvalue weighted by Crippen LogP contribution is 2.58. The van der Waals surface area contributed by atoms with Gasteiger partial charge in [-0.2, -0.15) is 0 Å². The highest BCUT2D eigenvalue weighted by atomic mass is 14.9. The van der Waals surface area contributed by atoms with Crippen molar-refractivity contribution < 1.29 is 0 Å². The van der Waals surface area contributed by atoms with Gasteiger partial charge in [-0.1, -0.05) is 188 Å². The van der Waals surface area contributed by atoms with Crippen LogP contribution < -0.4 is 0 Å². The van der Waals surface area contributed by atoms with Gasteiger partial charge in [0.25, 0.3) is 0 Å². The van der Waals surface area contributed by atoms with Crippen molar-refractivity contribution in [3.8, 4) is 56.2 Å². The molecule has 1 heterocycles. The zero-order valence-electron chi connectivity index (χ0n) is 29.9. The summed E-state index contributed by atoms with van der Waals surface area (Å²) in [5.74, 6) is 0.698. The second kappa shape index (κ2) is 13.2. The van der Waals surface area contributed by atoms with Crippen LogP contribution in [-0.2, 0) is 5.41 Å². The Morgan fingerprint density at radius 2 is 0.982 bits per heavy atom. The van der Waals surface area contributed by atoms with E-state index in [1.165, 1.54) is 22.3 Å². The molecule has 0 atom stereocenters. The molecule has 0 saturated heterocycles. The van der Waals surface area contributed by atoms with Gasteiger partial charge in [0.05, 0.1) is 23.4 Å². The van der Waals surface area contributed by atoms with Crippen LogP contribution in [0, 0.1) is 6.57 Å². The number of hydrogen-bond acceptors (Lipinski definition) is 2. The van der Waals surface area contributed by atoms with Gasteiger partial charge in [0.2, 0.25) is 0 Å². The van der Waals surface area contributed by atoms with Crippen LogP contribution in [0.15, 0.2) is 200 Å². The zero-order chi connectivity index (χ0) is 36.8. The molecule has 1 aromatic heterocycles. The Morgan fingerprint density at radius 3 is 1.67 bits per heavy atom. The van der Waals surface area contributed by atoms with E-state index in [1.807, 2.05) is 24.3 Å². The Hall–Kier alpha value is -7.41. The molecule has 0 saturated carbocycles. The molecule has 9 aromatic rings. The minimum Gasteiger partial charge on any atom is -0.238 e. The fourth-order valence-electron chi connectivity index (χ4n) is 8.55. The SMILES string of the molecule is [C-]#[N+]c1ccc2c(c1)-c1c(-c3ccc(-c4cc(-c5ccccc5)nc(-c5cccc6ccccc56)n4)cc3)cccc1C2(c1ccccc1)c1ccccc1. The molecule has 0 radical (unpaired) electrons. The summed E-state index contributed by atoms with van der Waals surface area (Å²) in [4.78, 5) is 14.2. The van der Waals surface area contributed by atoms with Gasteiger partial charge >= 0.3 is 0 Å². The van der Waals surface area contributed by atoms with Gasteiger partial charge in [0.15, 0.2) is 11.5 Å². The minimum absolute atomic E-state index is 0.545. The molecule has 10 rings (SSSR count). The van der Waals surface area contributed by atoms with Gasteiger partial charge in [-0.05, 0) is 67.4 Å². The summed E-state index contributed by atoms with van der Waals surface area (Å²) in [5.41, 5.74) is 14.2. The summed E-state index contributed by atoms with van der Waals surface area (Å²) in [6, 6.07) is 70.3. The lowest BCUT2D eigenvalue weighted by atomic mass is 9.67. The molecule has 55 heavy (non-hydrogen) atoms. The quantitative estimate of drug-likeness (QED) is 0.162. The fraction of sp³-hybridized carbons (Fsp3) is 0.0192. The molecule has 0 N–H and O–H groups in total. The smallest absolute Gasteiger partial charge is 0.187 e. The molecule has 256 valence electrons. The van der Waals surface area contributed by atoms with Crippen molar-refractivity contribution in [2.75, 3.05) is 0 Å². The molecule has 0 aliphatic heterocycles. The lowest BCUT2D eigenvalue weighted by Crippen LogP contribution is -2.28. The summed E-state index contributed by atoms with van der Waals surface area (Å²) >= 11 is 0. The van der Waals surface area contributed by atoms with Crippen LogP contribution >= 0.6 is 0 Å². The van der Waals surface area contributed by atoms with E-state index in [4.69, 9.17) is 16.5 Å². The zero-order valence-corrected chi connectivity index (χ0v) is 29.9. The predicted octanol–water partition coefficient (Wildman–Crippen LogP) is 13.2. The van der Waals surface area contributed by atoms with E-state index in [1.54, 1.807) is 0 Å². The molecule has 8 aromatic carbocycles. The van der Waals surface area contributed by atoms with Gasteiger partial charge in [0, 0.05) is 16.7 Å². The van der Waals surface area contributed by atoms with Crippen molar-refractivity contribution >= 4 is 16.5 Å². The van der Waals surface area contributed by atoms with E-state index in [-0.39, 0.29) is 0 Å². The molecule has 3 nitrogen and oxygen atoms in total. The van der Waals surface area contributed by atoms with Crippen LogP contribution in [-0.4, -0.2) is 9.97 Å². The second-order valence-corrected chi connectivity index (χ2v) is 14.0.